The molecule has 7 nitrogen and oxygen atoms in total. The van der Waals surface area contributed by atoms with Gasteiger partial charge in [0.15, 0.2) is 5.82 Å². The zero-order chi connectivity index (χ0) is 21.1. The molecule has 0 aliphatic heterocycles. The van der Waals surface area contributed by atoms with Crippen LogP contribution < -0.4 is 10.6 Å². The SMILES string of the molecule is CNC(=O)c1ccc(NC(=O)c2nc(-c3cccs3)n(-c3ccc(F)cc3)n2)cc1. The molecule has 0 bridgehead atoms. The molecule has 0 saturated heterocycles. The lowest BCUT2D eigenvalue weighted by atomic mass is 10.2. The number of thiophene rings is 1. The first-order chi connectivity index (χ1) is 14.5. The Morgan fingerprint density at radius 3 is 2.37 bits per heavy atom. The fourth-order valence-corrected chi connectivity index (χ4v) is 3.47. The Balaban J connectivity index is 1.64. The number of amides is 2. The summed E-state index contributed by atoms with van der Waals surface area (Å²) in [6.45, 7) is 0. The van der Waals surface area contributed by atoms with Gasteiger partial charge in [0.25, 0.3) is 11.8 Å². The average molecular weight is 421 g/mol. The predicted molar refractivity (Wildman–Crippen MR) is 112 cm³/mol. The Bertz CT molecular complexity index is 1190. The van der Waals surface area contributed by atoms with Crippen LogP contribution in [0.25, 0.3) is 16.4 Å². The molecule has 4 rings (SSSR count). The summed E-state index contributed by atoms with van der Waals surface area (Å²) in [5, 5.41) is 11.5. The number of halogens is 1. The van der Waals surface area contributed by atoms with Gasteiger partial charge >= 0.3 is 0 Å². The number of aromatic nitrogens is 3. The molecule has 0 unspecified atom stereocenters. The minimum Gasteiger partial charge on any atom is -0.355 e. The average Bonchev–Trinajstić information content (AvgIpc) is 3.44. The highest BCUT2D eigenvalue weighted by molar-refractivity contribution is 7.13. The maximum Gasteiger partial charge on any atom is 0.295 e. The number of hydrogen-bond acceptors (Lipinski definition) is 5. The Kier molecular flexibility index (Phi) is 5.36. The van der Waals surface area contributed by atoms with Crippen molar-refractivity contribution in [2.75, 3.05) is 12.4 Å². The van der Waals surface area contributed by atoms with Crippen LogP contribution in [0.3, 0.4) is 0 Å². The zero-order valence-electron chi connectivity index (χ0n) is 15.8. The standard InChI is InChI=1S/C21H16FN5O2S/c1-23-20(28)13-4-8-15(9-5-13)24-21(29)18-25-19(17-3-2-12-30-17)27(26-18)16-10-6-14(22)7-11-16/h2-12H,1H3,(H,23,28)(H,24,29). The molecule has 0 spiro atoms. The summed E-state index contributed by atoms with van der Waals surface area (Å²) in [5.74, 6) is -0.626. The van der Waals surface area contributed by atoms with Gasteiger partial charge in [-0.1, -0.05) is 6.07 Å². The van der Waals surface area contributed by atoms with Crippen LogP contribution >= 0.6 is 11.3 Å². The van der Waals surface area contributed by atoms with Gasteiger partial charge in [-0.15, -0.1) is 16.4 Å². The van der Waals surface area contributed by atoms with Gasteiger partial charge in [0.05, 0.1) is 10.6 Å². The number of nitrogens with zero attached hydrogens (tertiary/aromatic N) is 3. The van der Waals surface area contributed by atoms with Crippen molar-refractivity contribution in [3.63, 3.8) is 0 Å². The highest BCUT2D eigenvalue weighted by Crippen LogP contribution is 2.26. The molecular weight excluding hydrogens is 405 g/mol. The summed E-state index contributed by atoms with van der Waals surface area (Å²) in [4.78, 5) is 29.6. The Hall–Kier alpha value is -3.85. The number of carbonyl (C=O) groups is 2. The maximum absolute atomic E-state index is 13.3. The van der Waals surface area contributed by atoms with E-state index in [1.165, 1.54) is 28.2 Å². The largest absolute Gasteiger partial charge is 0.355 e. The lowest BCUT2D eigenvalue weighted by Crippen LogP contribution is -2.18. The first kappa shape index (κ1) is 19.5. The number of anilines is 1. The van der Waals surface area contributed by atoms with Crippen LogP contribution in [0.2, 0.25) is 0 Å². The van der Waals surface area contributed by atoms with E-state index in [9.17, 15) is 14.0 Å². The molecule has 0 atom stereocenters. The lowest BCUT2D eigenvalue weighted by molar-refractivity contribution is 0.0962. The third-order valence-electron chi connectivity index (χ3n) is 4.26. The van der Waals surface area contributed by atoms with E-state index >= 15 is 0 Å². The van der Waals surface area contributed by atoms with Gasteiger partial charge in [-0.3, -0.25) is 9.59 Å². The topological polar surface area (TPSA) is 88.9 Å². The molecule has 2 amide bonds. The monoisotopic (exact) mass is 421 g/mol. The van der Waals surface area contributed by atoms with Crippen molar-refractivity contribution in [1.29, 1.82) is 0 Å². The van der Waals surface area contributed by atoms with Crippen LogP contribution in [0.4, 0.5) is 10.1 Å². The molecule has 150 valence electrons. The molecule has 2 aromatic heterocycles. The smallest absolute Gasteiger partial charge is 0.295 e. The van der Waals surface area contributed by atoms with Gasteiger partial charge in [0.2, 0.25) is 5.82 Å². The van der Waals surface area contributed by atoms with E-state index in [1.807, 2.05) is 17.5 Å². The van der Waals surface area contributed by atoms with Gasteiger partial charge in [-0.05, 0) is 60.0 Å². The quantitative estimate of drug-likeness (QED) is 0.514. The summed E-state index contributed by atoms with van der Waals surface area (Å²) in [7, 11) is 1.55. The van der Waals surface area contributed by atoms with Gasteiger partial charge < -0.3 is 10.6 Å². The number of nitrogens with one attached hydrogen (secondary N) is 2. The van der Waals surface area contributed by atoms with Crippen molar-refractivity contribution in [3.05, 3.63) is 83.2 Å². The first-order valence-electron chi connectivity index (χ1n) is 8.95. The normalized spacial score (nSPS) is 10.6. The minimum absolute atomic E-state index is 0.0295. The van der Waals surface area contributed by atoms with Gasteiger partial charge in [-0.25, -0.2) is 14.1 Å². The summed E-state index contributed by atoms with van der Waals surface area (Å²) in [6.07, 6.45) is 0. The molecule has 0 aliphatic rings. The second-order valence-electron chi connectivity index (χ2n) is 6.24. The third-order valence-corrected chi connectivity index (χ3v) is 5.12. The highest BCUT2D eigenvalue weighted by atomic mass is 32.1. The van der Waals surface area contributed by atoms with Crippen molar-refractivity contribution in [2.45, 2.75) is 0 Å². The van der Waals surface area contributed by atoms with E-state index in [4.69, 9.17) is 0 Å². The Labute approximate surface area is 175 Å². The fourth-order valence-electron chi connectivity index (χ4n) is 2.77. The van der Waals surface area contributed by atoms with Crippen molar-refractivity contribution >= 4 is 28.8 Å². The van der Waals surface area contributed by atoms with Crippen molar-refractivity contribution < 1.29 is 14.0 Å². The van der Waals surface area contributed by atoms with Gasteiger partial charge in [0.1, 0.15) is 5.82 Å². The van der Waals surface area contributed by atoms with Crippen molar-refractivity contribution in [1.82, 2.24) is 20.1 Å². The van der Waals surface area contributed by atoms with E-state index in [0.717, 1.165) is 4.88 Å². The van der Waals surface area contributed by atoms with E-state index < -0.39 is 5.91 Å². The van der Waals surface area contributed by atoms with Crippen LogP contribution in [-0.4, -0.2) is 33.6 Å². The van der Waals surface area contributed by atoms with E-state index in [-0.39, 0.29) is 17.5 Å². The van der Waals surface area contributed by atoms with Crippen LogP contribution in [0, 0.1) is 5.82 Å². The van der Waals surface area contributed by atoms with E-state index in [2.05, 4.69) is 20.7 Å². The molecule has 4 aromatic rings. The number of hydrogen-bond donors (Lipinski definition) is 2. The highest BCUT2D eigenvalue weighted by Gasteiger charge is 2.19. The number of benzene rings is 2. The molecule has 0 fully saturated rings. The molecule has 0 aliphatic carbocycles. The molecule has 2 aromatic carbocycles. The molecule has 2 N–H and O–H groups in total. The molecule has 0 saturated carbocycles. The number of carbonyl (C=O) groups excluding carboxylic acids is 2. The Morgan fingerprint density at radius 2 is 1.73 bits per heavy atom. The van der Waals surface area contributed by atoms with E-state index in [1.54, 1.807) is 43.4 Å². The van der Waals surface area contributed by atoms with Crippen LogP contribution in [-0.2, 0) is 0 Å². The first-order valence-corrected chi connectivity index (χ1v) is 9.83. The summed E-state index contributed by atoms with van der Waals surface area (Å²) in [6, 6.07) is 16.0. The maximum atomic E-state index is 13.3. The second-order valence-corrected chi connectivity index (χ2v) is 7.18. The summed E-state index contributed by atoms with van der Waals surface area (Å²) >= 11 is 1.46. The lowest BCUT2D eigenvalue weighted by Gasteiger charge is -2.04. The molecule has 30 heavy (non-hydrogen) atoms. The minimum atomic E-state index is -0.499. The molecule has 0 radical (unpaired) electrons. The van der Waals surface area contributed by atoms with Crippen LogP contribution in [0.15, 0.2) is 66.0 Å². The second kappa shape index (κ2) is 8.26. The molecule has 2 heterocycles. The van der Waals surface area contributed by atoms with Gasteiger partial charge in [0, 0.05) is 18.3 Å². The van der Waals surface area contributed by atoms with Crippen LogP contribution in [0.1, 0.15) is 21.0 Å². The fraction of sp³-hybridized carbons (Fsp3) is 0.0476. The van der Waals surface area contributed by atoms with Crippen molar-refractivity contribution in [3.8, 4) is 16.4 Å². The third kappa shape index (κ3) is 3.96. The number of rotatable bonds is 5. The predicted octanol–water partition coefficient (Wildman–Crippen LogP) is 3.75. The van der Waals surface area contributed by atoms with E-state index in [0.29, 0.717) is 22.8 Å². The van der Waals surface area contributed by atoms with Gasteiger partial charge in [-0.2, -0.15) is 0 Å². The summed E-state index contributed by atoms with van der Waals surface area (Å²) < 4.78 is 14.8. The van der Waals surface area contributed by atoms with Crippen molar-refractivity contribution in [2.24, 2.45) is 0 Å². The zero-order valence-corrected chi connectivity index (χ0v) is 16.6. The summed E-state index contributed by atoms with van der Waals surface area (Å²) in [5.41, 5.74) is 1.57. The molecule has 9 heteroatoms. The Morgan fingerprint density at radius 1 is 1.00 bits per heavy atom. The molecular formula is C21H16FN5O2S. The van der Waals surface area contributed by atoms with Crippen LogP contribution in [0.5, 0.6) is 0 Å².